The first kappa shape index (κ1) is 37.3. The monoisotopic (exact) mass is 418 g/mol. The van der Waals surface area contributed by atoms with E-state index in [9.17, 15) is 0 Å². The smallest absolute Gasteiger partial charge is 2.00 e. The van der Waals surface area contributed by atoms with Gasteiger partial charge in [0.1, 0.15) is 0 Å². The molecule has 24 valence electrons. The number of rotatable bonds is 0. The van der Waals surface area contributed by atoms with E-state index in [0.717, 1.165) is 0 Å². The third-order valence-corrected chi connectivity index (χ3v) is 0. The number of hydrogen-bond acceptors (Lipinski definition) is 0. The zero-order chi connectivity index (χ0) is 0. The van der Waals surface area contributed by atoms with Gasteiger partial charge >= 0.3 is 65.4 Å². The standard InChI is InChI=1S/3Se.2Y/q3*-2;2*+3. The van der Waals surface area contributed by atoms with Crippen molar-refractivity contribution in [1.29, 1.82) is 0 Å². The quantitative estimate of drug-likeness (QED) is 0.439. The maximum atomic E-state index is 0. The Morgan fingerprint density at radius 3 is 0.400 bits per heavy atom. The summed E-state index contributed by atoms with van der Waals surface area (Å²) in [6.07, 6.45) is 0. The van der Waals surface area contributed by atoms with Gasteiger partial charge in [0.2, 0.25) is 0 Å². The average Bonchev–Trinajstić information content (AvgIpc) is 0. The summed E-state index contributed by atoms with van der Waals surface area (Å²) in [6, 6.07) is 0. The fraction of sp³-hybridized carbons (Fsp3) is 0. The molecular formula is Se3Y2. The Morgan fingerprint density at radius 2 is 0.400 bits per heavy atom. The molecule has 0 aromatic heterocycles. The second kappa shape index (κ2) is 25.1. The SMILES string of the molecule is [Se-2].[Se-2].[Se-2].[Y+3].[Y+3]. The first-order chi connectivity index (χ1) is 0. The molecule has 0 fully saturated rings. The van der Waals surface area contributed by atoms with Crippen LogP contribution in [-0.4, -0.2) is 51.2 Å². The van der Waals surface area contributed by atoms with Crippen molar-refractivity contribution in [1.82, 2.24) is 0 Å². The molecule has 0 atom stereocenters. The number of hydrogen-bond donors (Lipinski definition) is 0. The van der Waals surface area contributed by atoms with Crippen LogP contribution in [-0.2, 0) is 65.4 Å². The summed E-state index contributed by atoms with van der Waals surface area (Å²) in [4.78, 5) is 0. The maximum Gasteiger partial charge on any atom is 3.00 e. The topological polar surface area (TPSA) is 0 Å². The first-order valence-electron chi connectivity index (χ1n) is 0. The molecule has 0 rings (SSSR count). The maximum absolute atomic E-state index is 0. The van der Waals surface area contributed by atoms with Crippen molar-refractivity contribution in [2.75, 3.05) is 0 Å². The molecule has 0 bridgehead atoms. The molecule has 0 spiro atoms. The van der Waals surface area contributed by atoms with Gasteiger partial charge in [-0.25, -0.2) is 0 Å². The van der Waals surface area contributed by atoms with Gasteiger partial charge in [0.25, 0.3) is 0 Å². The minimum absolute atomic E-state index is 0. The second-order valence-corrected chi connectivity index (χ2v) is 0. The van der Waals surface area contributed by atoms with E-state index < -0.39 is 0 Å². The van der Waals surface area contributed by atoms with E-state index in [1.165, 1.54) is 0 Å². The van der Waals surface area contributed by atoms with Gasteiger partial charge in [0, 0.05) is 0 Å². The molecule has 0 saturated heterocycles. The summed E-state index contributed by atoms with van der Waals surface area (Å²) in [5.74, 6) is 0. The molecule has 0 N–H and O–H groups in total. The molecule has 0 nitrogen and oxygen atoms in total. The van der Waals surface area contributed by atoms with Crippen molar-refractivity contribution in [3.63, 3.8) is 0 Å². The van der Waals surface area contributed by atoms with Crippen molar-refractivity contribution in [3.05, 3.63) is 0 Å². The van der Waals surface area contributed by atoms with Crippen molar-refractivity contribution >= 4 is 51.2 Å². The van der Waals surface area contributed by atoms with Gasteiger partial charge in [-0.05, 0) is 0 Å². The largest absolute Gasteiger partial charge is 3.00 e. The predicted molar refractivity (Wildman–Crippen MR) is 17.3 cm³/mol. The summed E-state index contributed by atoms with van der Waals surface area (Å²) < 4.78 is 0. The van der Waals surface area contributed by atoms with Crippen LogP contribution in [0.3, 0.4) is 0 Å². The molecule has 5 heavy (non-hydrogen) atoms. The molecule has 0 heterocycles. The molecule has 5 heteroatoms. The Morgan fingerprint density at radius 1 is 0.400 bits per heavy atom. The second-order valence-electron chi connectivity index (χ2n) is 0. The fourth-order valence-corrected chi connectivity index (χ4v) is 0. The molecule has 0 radical (unpaired) electrons. The molecule has 0 saturated carbocycles. The molecule has 0 amide bonds. The van der Waals surface area contributed by atoms with Crippen LogP contribution in [0.15, 0.2) is 0 Å². The van der Waals surface area contributed by atoms with Gasteiger partial charge < -0.3 is 51.2 Å². The molecule has 0 aromatic carbocycles. The summed E-state index contributed by atoms with van der Waals surface area (Å²) in [6.45, 7) is 0. The van der Waals surface area contributed by atoms with Crippen LogP contribution in [0.4, 0.5) is 0 Å². The first-order valence-corrected chi connectivity index (χ1v) is 0. The van der Waals surface area contributed by atoms with Crippen molar-refractivity contribution < 1.29 is 65.4 Å². The zero-order valence-corrected chi connectivity index (χ0v) is 13.2. The molecule has 0 aliphatic rings. The molecule has 0 aliphatic carbocycles. The Kier molecular flexibility index (Phi) is 187. The van der Waals surface area contributed by atoms with Gasteiger partial charge in [0.05, 0.1) is 0 Å². The van der Waals surface area contributed by atoms with Crippen LogP contribution in [0.25, 0.3) is 0 Å². The van der Waals surface area contributed by atoms with Crippen LogP contribution in [0.2, 0.25) is 0 Å². The van der Waals surface area contributed by atoms with Crippen molar-refractivity contribution in [2.45, 2.75) is 0 Å². The van der Waals surface area contributed by atoms with Gasteiger partial charge in [-0.15, -0.1) is 0 Å². The average molecular weight is 415 g/mol. The normalized spacial score (nSPS) is 0. The molecule has 0 aromatic rings. The van der Waals surface area contributed by atoms with Crippen LogP contribution in [0.1, 0.15) is 0 Å². The van der Waals surface area contributed by atoms with E-state index in [4.69, 9.17) is 0 Å². The van der Waals surface area contributed by atoms with E-state index in [0.29, 0.717) is 0 Å². The van der Waals surface area contributed by atoms with Crippen molar-refractivity contribution in [3.8, 4) is 0 Å². The summed E-state index contributed by atoms with van der Waals surface area (Å²) in [5, 5.41) is 0. The Bertz CT molecular complexity index is 4.85. The predicted octanol–water partition coefficient (Wildman–Crippen LogP) is -1.15. The molecule has 0 aliphatic heterocycles. The Labute approximate surface area is 114 Å². The van der Waals surface area contributed by atoms with E-state index in [1.807, 2.05) is 0 Å². The fourth-order valence-electron chi connectivity index (χ4n) is 0. The van der Waals surface area contributed by atoms with Crippen LogP contribution in [0.5, 0.6) is 0 Å². The third-order valence-electron chi connectivity index (χ3n) is 0. The van der Waals surface area contributed by atoms with Gasteiger partial charge in [-0.2, -0.15) is 0 Å². The van der Waals surface area contributed by atoms with Crippen molar-refractivity contribution in [2.24, 2.45) is 0 Å². The van der Waals surface area contributed by atoms with Gasteiger partial charge in [-0.3, -0.25) is 0 Å². The zero-order valence-electron chi connectivity index (χ0n) is 2.38. The summed E-state index contributed by atoms with van der Waals surface area (Å²) >= 11 is 0. The minimum atomic E-state index is 0. The van der Waals surface area contributed by atoms with E-state index in [-0.39, 0.29) is 117 Å². The Hall–Kier alpha value is 3.77. The van der Waals surface area contributed by atoms with Gasteiger partial charge in [-0.1, -0.05) is 0 Å². The van der Waals surface area contributed by atoms with Crippen LogP contribution >= 0.6 is 0 Å². The summed E-state index contributed by atoms with van der Waals surface area (Å²) in [7, 11) is 0. The minimum Gasteiger partial charge on any atom is -2.00 e. The van der Waals surface area contributed by atoms with E-state index in [1.54, 1.807) is 0 Å². The third kappa shape index (κ3) is 18.2. The van der Waals surface area contributed by atoms with E-state index in [2.05, 4.69) is 0 Å². The van der Waals surface area contributed by atoms with Crippen LogP contribution < -0.4 is 0 Å². The molecule has 0 unspecified atom stereocenters. The summed E-state index contributed by atoms with van der Waals surface area (Å²) in [5.41, 5.74) is 0. The van der Waals surface area contributed by atoms with Crippen LogP contribution in [0, 0.1) is 0 Å². The van der Waals surface area contributed by atoms with Gasteiger partial charge in [0.15, 0.2) is 0 Å². The molecular weight excluding hydrogens is 415 g/mol. The van der Waals surface area contributed by atoms with E-state index >= 15 is 0 Å². The Balaban J connectivity index is 0.